The lowest BCUT2D eigenvalue weighted by atomic mass is 10.1. The van der Waals surface area contributed by atoms with Crippen LogP contribution < -0.4 is 30.7 Å². The lowest BCUT2D eigenvalue weighted by Gasteiger charge is -2.23. The second kappa shape index (κ2) is 8.64. The Morgan fingerprint density at radius 3 is 2.70 bits per heavy atom. The van der Waals surface area contributed by atoms with Crippen molar-refractivity contribution >= 4 is 34.7 Å². The molecule has 0 saturated carbocycles. The SMILES string of the molecule is COc1cc(C=C2SC(=O)NC2=O)c(N2CCC(NCCN)C2)cc1OC. The van der Waals surface area contributed by atoms with E-state index in [1.165, 1.54) is 0 Å². The molecule has 1 atom stereocenters. The number of imide groups is 1. The average molecular weight is 392 g/mol. The van der Waals surface area contributed by atoms with Gasteiger partial charge in [0.15, 0.2) is 11.5 Å². The number of nitrogens with one attached hydrogen (secondary N) is 2. The van der Waals surface area contributed by atoms with E-state index < -0.39 is 0 Å². The molecule has 0 bridgehead atoms. The fraction of sp³-hybridized carbons (Fsp3) is 0.444. The molecule has 4 N–H and O–H groups in total. The van der Waals surface area contributed by atoms with Crippen LogP contribution in [0.1, 0.15) is 12.0 Å². The number of nitrogens with zero attached hydrogens (tertiary/aromatic N) is 1. The number of nitrogens with two attached hydrogens (primary N) is 1. The van der Waals surface area contributed by atoms with Gasteiger partial charge in [0.05, 0.1) is 19.1 Å². The van der Waals surface area contributed by atoms with Gasteiger partial charge in [0.2, 0.25) is 0 Å². The predicted molar refractivity (Wildman–Crippen MR) is 106 cm³/mol. The van der Waals surface area contributed by atoms with Gasteiger partial charge in [-0.2, -0.15) is 0 Å². The molecule has 27 heavy (non-hydrogen) atoms. The maximum Gasteiger partial charge on any atom is 0.290 e. The summed E-state index contributed by atoms with van der Waals surface area (Å²) in [4.78, 5) is 26.0. The first-order valence-corrected chi connectivity index (χ1v) is 9.56. The van der Waals surface area contributed by atoms with Gasteiger partial charge in [-0.15, -0.1) is 0 Å². The third-order valence-electron chi connectivity index (χ3n) is 4.57. The zero-order valence-electron chi connectivity index (χ0n) is 15.4. The van der Waals surface area contributed by atoms with Crippen molar-refractivity contribution in [3.05, 3.63) is 22.6 Å². The molecule has 0 aromatic heterocycles. The quantitative estimate of drug-likeness (QED) is 0.594. The number of benzene rings is 1. The number of anilines is 1. The molecule has 2 amide bonds. The largest absolute Gasteiger partial charge is 0.493 e. The number of thioether (sulfide) groups is 1. The first-order valence-electron chi connectivity index (χ1n) is 8.75. The molecule has 3 rings (SSSR count). The van der Waals surface area contributed by atoms with E-state index in [1.54, 1.807) is 20.3 Å². The fourth-order valence-corrected chi connectivity index (χ4v) is 3.94. The highest BCUT2D eigenvalue weighted by molar-refractivity contribution is 8.18. The molecule has 0 radical (unpaired) electrons. The molecule has 1 aromatic carbocycles. The van der Waals surface area contributed by atoms with Crippen molar-refractivity contribution in [1.29, 1.82) is 0 Å². The maximum atomic E-state index is 12.0. The minimum atomic E-state index is -0.380. The fourth-order valence-electron chi connectivity index (χ4n) is 3.27. The number of carbonyl (C=O) groups excluding carboxylic acids is 2. The molecule has 2 aliphatic heterocycles. The lowest BCUT2D eigenvalue weighted by Crippen LogP contribution is -2.35. The van der Waals surface area contributed by atoms with Crippen molar-refractivity contribution in [2.24, 2.45) is 5.73 Å². The molecular weight excluding hydrogens is 368 g/mol. The molecule has 0 spiro atoms. The van der Waals surface area contributed by atoms with E-state index in [2.05, 4.69) is 15.5 Å². The highest BCUT2D eigenvalue weighted by atomic mass is 32.2. The lowest BCUT2D eigenvalue weighted by molar-refractivity contribution is -0.115. The molecule has 2 aliphatic rings. The Bertz CT molecular complexity index is 768. The van der Waals surface area contributed by atoms with Gasteiger partial charge in [0.25, 0.3) is 11.1 Å². The summed E-state index contributed by atoms with van der Waals surface area (Å²) in [5.41, 5.74) is 7.32. The summed E-state index contributed by atoms with van der Waals surface area (Å²) in [6.45, 7) is 3.07. The van der Waals surface area contributed by atoms with Crippen LogP contribution in [0.3, 0.4) is 0 Å². The Labute approximate surface area is 162 Å². The minimum absolute atomic E-state index is 0.355. The van der Waals surface area contributed by atoms with Gasteiger partial charge in [-0.3, -0.25) is 14.9 Å². The van der Waals surface area contributed by atoms with Crippen molar-refractivity contribution in [3.8, 4) is 11.5 Å². The molecule has 8 nitrogen and oxygen atoms in total. The maximum absolute atomic E-state index is 12.0. The molecule has 2 saturated heterocycles. The number of ether oxygens (including phenoxy) is 2. The predicted octanol–water partition coefficient (Wildman–Crippen LogP) is 1.15. The van der Waals surface area contributed by atoms with Crippen molar-refractivity contribution < 1.29 is 19.1 Å². The van der Waals surface area contributed by atoms with E-state index in [-0.39, 0.29) is 11.1 Å². The average Bonchev–Trinajstić information content (AvgIpc) is 3.25. The van der Waals surface area contributed by atoms with Gasteiger partial charge >= 0.3 is 0 Å². The standard InChI is InChI=1S/C18H24N4O4S/c1-25-14-7-11(8-16-17(23)21-18(24)27-16)13(9-15(14)26-2)22-6-3-12(10-22)20-5-4-19/h7-9,12,20H,3-6,10,19H2,1-2H3,(H,21,23,24). The van der Waals surface area contributed by atoms with Gasteiger partial charge in [-0.05, 0) is 30.3 Å². The Morgan fingerprint density at radius 2 is 2.07 bits per heavy atom. The zero-order chi connectivity index (χ0) is 19.4. The molecule has 1 unspecified atom stereocenters. The molecular formula is C18H24N4O4S. The van der Waals surface area contributed by atoms with Crippen LogP contribution in [0.4, 0.5) is 10.5 Å². The number of hydrogen-bond acceptors (Lipinski definition) is 8. The topological polar surface area (TPSA) is 106 Å². The molecule has 0 aliphatic carbocycles. The van der Waals surface area contributed by atoms with Crippen LogP contribution in [0.2, 0.25) is 0 Å². The number of rotatable bonds is 7. The van der Waals surface area contributed by atoms with Crippen LogP contribution in [0, 0.1) is 0 Å². The Balaban J connectivity index is 1.95. The number of methoxy groups -OCH3 is 2. The molecule has 2 fully saturated rings. The van der Waals surface area contributed by atoms with E-state index in [0.717, 1.165) is 49.1 Å². The van der Waals surface area contributed by atoms with E-state index in [4.69, 9.17) is 15.2 Å². The summed E-state index contributed by atoms with van der Waals surface area (Å²) in [5, 5.41) is 5.36. The first kappa shape index (κ1) is 19.5. The summed E-state index contributed by atoms with van der Waals surface area (Å²) in [6, 6.07) is 4.10. The van der Waals surface area contributed by atoms with Crippen LogP contribution in [0.5, 0.6) is 11.5 Å². The van der Waals surface area contributed by atoms with Crippen LogP contribution in [-0.4, -0.2) is 57.6 Å². The van der Waals surface area contributed by atoms with Crippen molar-refractivity contribution in [2.75, 3.05) is 45.3 Å². The monoisotopic (exact) mass is 392 g/mol. The molecule has 146 valence electrons. The van der Waals surface area contributed by atoms with Gasteiger partial charge in [-0.25, -0.2) is 0 Å². The Hall–Kier alpha value is -2.23. The summed E-state index contributed by atoms with van der Waals surface area (Å²) in [6.07, 6.45) is 2.72. The van der Waals surface area contributed by atoms with E-state index in [1.807, 2.05) is 12.1 Å². The second-order valence-electron chi connectivity index (χ2n) is 6.29. The third kappa shape index (κ3) is 4.37. The summed E-state index contributed by atoms with van der Waals surface area (Å²) < 4.78 is 10.9. The molecule has 9 heteroatoms. The third-order valence-corrected chi connectivity index (χ3v) is 5.38. The van der Waals surface area contributed by atoms with Crippen LogP contribution >= 0.6 is 11.8 Å². The van der Waals surface area contributed by atoms with Crippen molar-refractivity contribution in [1.82, 2.24) is 10.6 Å². The first-order chi connectivity index (χ1) is 13.0. The highest BCUT2D eigenvalue weighted by Crippen LogP contribution is 2.39. The van der Waals surface area contributed by atoms with Crippen LogP contribution in [0.15, 0.2) is 17.0 Å². The smallest absolute Gasteiger partial charge is 0.290 e. The zero-order valence-corrected chi connectivity index (χ0v) is 16.2. The molecule has 2 heterocycles. The summed E-state index contributed by atoms with van der Waals surface area (Å²) in [7, 11) is 3.16. The van der Waals surface area contributed by atoms with Gasteiger partial charge in [0.1, 0.15) is 0 Å². The number of hydrogen-bond donors (Lipinski definition) is 3. The summed E-state index contributed by atoms with van der Waals surface area (Å²) in [5.74, 6) is 0.808. The van der Waals surface area contributed by atoms with Gasteiger partial charge in [0, 0.05) is 49.5 Å². The van der Waals surface area contributed by atoms with Gasteiger partial charge < -0.3 is 25.4 Å². The normalized spacial score (nSPS) is 21.1. The van der Waals surface area contributed by atoms with E-state index >= 15 is 0 Å². The van der Waals surface area contributed by atoms with Crippen molar-refractivity contribution in [2.45, 2.75) is 12.5 Å². The van der Waals surface area contributed by atoms with Crippen LogP contribution in [-0.2, 0) is 4.79 Å². The van der Waals surface area contributed by atoms with Crippen LogP contribution in [0.25, 0.3) is 6.08 Å². The summed E-state index contributed by atoms with van der Waals surface area (Å²) >= 11 is 0.900. The van der Waals surface area contributed by atoms with Gasteiger partial charge in [-0.1, -0.05) is 0 Å². The Morgan fingerprint density at radius 1 is 1.33 bits per heavy atom. The number of amides is 2. The molecule has 1 aromatic rings. The number of carbonyl (C=O) groups is 2. The minimum Gasteiger partial charge on any atom is -0.493 e. The van der Waals surface area contributed by atoms with E-state index in [9.17, 15) is 9.59 Å². The Kier molecular flexibility index (Phi) is 6.25. The van der Waals surface area contributed by atoms with Crippen molar-refractivity contribution in [3.63, 3.8) is 0 Å². The van der Waals surface area contributed by atoms with E-state index in [0.29, 0.717) is 29.0 Å². The second-order valence-corrected chi connectivity index (χ2v) is 7.31. The highest BCUT2D eigenvalue weighted by Gasteiger charge is 2.28.